The van der Waals surface area contributed by atoms with E-state index >= 15 is 0 Å². The normalized spacial score (nSPS) is 15.2. The van der Waals surface area contributed by atoms with E-state index in [1.807, 2.05) is 50.1 Å². The molecule has 1 aromatic rings. The largest absolute Gasteiger partial charge is 0.443 e. The molecule has 2 rings (SSSR count). The van der Waals surface area contributed by atoms with Crippen LogP contribution in [0.3, 0.4) is 0 Å². The molecule has 6 heteroatoms. The zero-order valence-electron chi connectivity index (χ0n) is 14.7. The fourth-order valence-electron chi connectivity index (χ4n) is 2.36. The zero-order valence-corrected chi connectivity index (χ0v) is 14.7. The van der Waals surface area contributed by atoms with Crippen molar-refractivity contribution in [3.05, 3.63) is 47.5 Å². The first-order valence-corrected chi connectivity index (χ1v) is 8.01. The van der Waals surface area contributed by atoms with Crippen molar-refractivity contribution in [1.29, 1.82) is 0 Å². The van der Waals surface area contributed by atoms with Gasteiger partial charge < -0.3 is 10.1 Å². The van der Waals surface area contributed by atoms with Crippen molar-refractivity contribution in [2.24, 2.45) is 0 Å². The lowest BCUT2D eigenvalue weighted by molar-refractivity contribution is -0.0479. The van der Waals surface area contributed by atoms with Crippen LogP contribution >= 0.6 is 0 Å². The number of amides is 2. The van der Waals surface area contributed by atoms with Crippen LogP contribution < -0.4 is 5.32 Å². The number of hydrazine groups is 1. The van der Waals surface area contributed by atoms with Gasteiger partial charge in [-0.15, -0.1) is 0 Å². The number of carbonyl (C=O) groups excluding carboxylic acids is 2. The monoisotopic (exact) mass is 331 g/mol. The third-order valence-corrected chi connectivity index (χ3v) is 3.52. The molecule has 0 saturated carbocycles. The van der Waals surface area contributed by atoms with Gasteiger partial charge in [0.1, 0.15) is 5.60 Å². The summed E-state index contributed by atoms with van der Waals surface area (Å²) >= 11 is 0. The summed E-state index contributed by atoms with van der Waals surface area (Å²) < 4.78 is 5.47. The Hall–Kier alpha value is -2.34. The number of hydrogen-bond donors (Lipinski definition) is 1. The lowest BCUT2D eigenvalue weighted by atomic mass is 10.1. The molecular formula is C18H25N3O3. The van der Waals surface area contributed by atoms with Crippen LogP contribution in [0.2, 0.25) is 0 Å². The summed E-state index contributed by atoms with van der Waals surface area (Å²) in [7, 11) is 1.61. The maximum atomic E-state index is 12.4. The highest BCUT2D eigenvalue weighted by molar-refractivity contribution is 5.93. The first-order chi connectivity index (χ1) is 11.3. The zero-order chi connectivity index (χ0) is 17.7. The number of ether oxygens (including phenoxy) is 1. The lowest BCUT2D eigenvalue weighted by Gasteiger charge is -2.36. The molecule has 0 atom stereocenters. The summed E-state index contributed by atoms with van der Waals surface area (Å²) in [5.41, 5.74) is 1.11. The van der Waals surface area contributed by atoms with Crippen LogP contribution in [0.1, 0.15) is 36.7 Å². The molecule has 0 radical (unpaired) electrons. The molecule has 6 nitrogen and oxygen atoms in total. The molecule has 24 heavy (non-hydrogen) atoms. The Morgan fingerprint density at radius 1 is 1.12 bits per heavy atom. The molecule has 0 saturated heterocycles. The average molecular weight is 331 g/mol. The number of carbonyl (C=O) groups is 2. The lowest BCUT2D eigenvalue weighted by Crippen LogP contribution is -2.49. The molecule has 0 spiro atoms. The van der Waals surface area contributed by atoms with Crippen LogP contribution in [-0.4, -0.2) is 47.8 Å². The van der Waals surface area contributed by atoms with Gasteiger partial charge in [0.15, 0.2) is 0 Å². The van der Waals surface area contributed by atoms with Crippen LogP contribution in [0.5, 0.6) is 0 Å². The molecule has 1 N–H and O–H groups in total. The first kappa shape index (κ1) is 18.0. The molecule has 1 heterocycles. The Balaban J connectivity index is 2.07. The van der Waals surface area contributed by atoms with Gasteiger partial charge in [0, 0.05) is 25.7 Å². The van der Waals surface area contributed by atoms with E-state index in [9.17, 15) is 9.59 Å². The summed E-state index contributed by atoms with van der Waals surface area (Å²) in [5, 5.41) is 6.14. The first-order valence-electron chi connectivity index (χ1n) is 8.01. The minimum atomic E-state index is -0.529. The van der Waals surface area contributed by atoms with Crippen molar-refractivity contribution in [3.8, 4) is 0 Å². The second kappa shape index (κ2) is 7.49. The Labute approximate surface area is 143 Å². The highest BCUT2D eigenvalue weighted by atomic mass is 16.6. The van der Waals surface area contributed by atoms with Gasteiger partial charge in [-0.05, 0) is 38.5 Å². The van der Waals surface area contributed by atoms with E-state index in [1.54, 1.807) is 24.2 Å². The van der Waals surface area contributed by atoms with Gasteiger partial charge in [0.05, 0.1) is 6.54 Å². The van der Waals surface area contributed by atoms with Crippen LogP contribution in [0.25, 0.3) is 0 Å². The number of nitrogens with one attached hydrogen (secondary N) is 1. The number of nitrogens with zero attached hydrogens (tertiary/aromatic N) is 2. The predicted molar refractivity (Wildman–Crippen MR) is 92.3 cm³/mol. The topological polar surface area (TPSA) is 61.9 Å². The van der Waals surface area contributed by atoms with Crippen LogP contribution in [-0.2, 0) is 11.3 Å². The van der Waals surface area contributed by atoms with Gasteiger partial charge in [-0.25, -0.2) is 14.8 Å². The molecule has 130 valence electrons. The Morgan fingerprint density at radius 2 is 1.75 bits per heavy atom. The molecule has 1 aliphatic rings. The molecule has 2 amide bonds. The number of benzene rings is 1. The standard InChI is InChI=1S/C18H25N3O3/c1-18(2,3)24-17(23)21-12-6-5-11-20(21)13-14-7-9-15(10-8-14)16(22)19-4/h5-10H,11-13H2,1-4H3,(H,19,22). The fourth-order valence-corrected chi connectivity index (χ4v) is 2.36. The molecule has 0 fully saturated rings. The van der Waals surface area contributed by atoms with E-state index in [-0.39, 0.29) is 12.0 Å². The van der Waals surface area contributed by atoms with Crippen molar-refractivity contribution in [1.82, 2.24) is 15.3 Å². The van der Waals surface area contributed by atoms with Crippen LogP contribution in [0, 0.1) is 0 Å². The van der Waals surface area contributed by atoms with Gasteiger partial charge >= 0.3 is 6.09 Å². The highest BCUT2D eigenvalue weighted by Gasteiger charge is 2.27. The third-order valence-electron chi connectivity index (χ3n) is 3.52. The summed E-state index contributed by atoms with van der Waals surface area (Å²) in [6, 6.07) is 7.36. The highest BCUT2D eigenvalue weighted by Crippen LogP contribution is 2.16. The van der Waals surface area contributed by atoms with Crippen molar-refractivity contribution in [2.45, 2.75) is 32.9 Å². The van der Waals surface area contributed by atoms with E-state index in [4.69, 9.17) is 4.74 Å². The maximum Gasteiger partial charge on any atom is 0.425 e. The summed E-state index contributed by atoms with van der Waals surface area (Å²) in [6.07, 6.45) is 3.63. The number of rotatable bonds is 3. The Morgan fingerprint density at radius 3 is 2.33 bits per heavy atom. The van der Waals surface area contributed by atoms with Gasteiger partial charge in [0.25, 0.3) is 5.91 Å². The molecule has 1 aromatic carbocycles. The third kappa shape index (κ3) is 4.83. The van der Waals surface area contributed by atoms with Crippen LogP contribution in [0.15, 0.2) is 36.4 Å². The molecule has 0 aromatic heterocycles. The Kier molecular flexibility index (Phi) is 5.62. The smallest absolute Gasteiger partial charge is 0.425 e. The molecule has 1 aliphatic heterocycles. The van der Waals surface area contributed by atoms with Gasteiger partial charge in [-0.2, -0.15) is 0 Å². The molecule has 0 unspecified atom stereocenters. The number of hydrogen-bond acceptors (Lipinski definition) is 4. The van der Waals surface area contributed by atoms with Crippen molar-refractivity contribution >= 4 is 12.0 Å². The van der Waals surface area contributed by atoms with E-state index in [1.165, 1.54) is 0 Å². The second-order valence-corrected chi connectivity index (χ2v) is 6.66. The van der Waals surface area contributed by atoms with Gasteiger partial charge in [-0.3, -0.25) is 4.79 Å². The van der Waals surface area contributed by atoms with Crippen molar-refractivity contribution in [3.63, 3.8) is 0 Å². The van der Waals surface area contributed by atoms with E-state index in [0.717, 1.165) is 5.56 Å². The van der Waals surface area contributed by atoms with Gasteiger partial charge in [0.2, 0.25) is 0 Å². The van der Waals surface area contributed by atoms with Gasteiger partial charge in [-0.1, -0.05) is 24.3 Å². The SMILES string of the molecule is CNC(=O)c1ccc(CN2CC=CCN2C(=O)OC(C)(C)C)cc1. The van der Waals surface area contributed by atoms with E-state index in [0.29, 0.717) is 25.2 Å². The predicted octanol–water partition coefficient (Wildman–Crippen LogP) is 2.57. The minimum Gasteiger partial charge on any atom is -0.443 e. The van der Waals surface area contributed by atoms with Crippen LogP contribution in [0.4, 0.5) is 4.79 Å². The van der Waals surface area contributed by atoms with Crippen molar-refractivity contribution in [2.75, 3.05) is 20.1 Å². The summed E-state index contributed by atoms with van der Waals surface area (Å²) in [4.78, 5) is 24.0. The summed E-state index contributed by atoms with van der Waals surface area (Å²) in [6.45, 7) is 7.25. The second-order valence-electron chi connectivity index (χ2n) is 6.66. The molecule has 0 bridgehead atoms. The Bertz CT molecular complexity index is 617. The molecule has 0 aliphatic carbocycles. The quantitative estimate of drug-likeness (QED) is 0.865. The fraction of sp³-hybridized carbons (Fsp3) is 0.444. The van der Waals surface area contributed by atoms with Crippen molar-refractivity contribution < 1.29 is 14.3 Å². The maximum absolute atomic E-state index is 12.4. The van der Waals surface area contributed by atoms with E-state index in [2.05, 4.69) is 5.32 Å². The molecular weight excluding hydrogens is 306 g/mol. The average Bonchev–Trinajstić information content (AvgIpc) is 2.53. The van der Waals surface area contributed by atoms with E-state index < -0.39 is 5.60 Å². The minimum absolute atomic E-state index is 0.113. The summed E-state index contributed by atoms with van der Waals surface area (Å²) in [5.74, 6) is -0.113.